The summed E-state index contributed by atoms with van der Waals surface area (Å²) in [6, 6.07) is 79.1. The first-order valence-electron chi connectivity index (χ1n) is 20.5. The van der Waals surface area contributed by atoms with Gasteiger partial charge < -0.3 is 0 Å². The van der Waals surface area contributed by atoms with Crippen molar-refractivity contribution in [3.05, 3.63) is 224 Å². The fraction of sp³-hybridized carbons (Fsp3) is 0. The number of aromatic nitrogens is 3. The molecule has 8 aromatic carbocycles. The van der Waals surface area contributed by atoms with Gasteiger partial charge >= 0.3 is 0 Å². The zero-order valence-electron chi connectivity index (χ0n) is 33.1. The summed E-state index contributed by atoms with van der Waals surface area (Å²) in [7, 11) is 0. The van der Waals surface area contributed by atoms with E-state index in [0.717, 1.165) is 66.8 Å². The van der Waals surface area contributed by atoms with Crippen LogP contribution >= 0.6 is 11.3 Å². The standard InChI is InChI=1S/C57H37N3S/c1-5-17-38(18-6-1)44-25-15-27-46(35-44)51-37-50(59-57(60-51)43-23-11-4-12-24-43)40-31-33-41(34-32-40)52-53-54(42-21-9-3-10-22-42)58-49-30-14-13-29-48(49)56(53)61-55(52)47-28-16-26-45(36-47)39-19-7-2-8-20-39/h1-37H. The van der Waals surface area contributed by atoms with Crippen molar-refractivity contribution in [1.82, 2.24) is 15.0 Å². The Balaban J connectivity index is 1.10. The van der Waals surface area contributed by atoms with E-state index in [1.165, 1.54) is 37.4 Å². The Labute approximate surface area is 359 Å². The van der Waals surface area contributed by atoms with Crippen molar-refractivity contribution in [2.24, 2.45) is 0 Å². The third kappa shape index (κ3) is 6.99. The Bertz CT molecular complexity index is 3320. The molecule has 0 amide bonds. The molecule has 0 radical (unpaired) electrons. The highest BCUT2D eigenvalue weighted by atomic mass is 32.1. The van der Waals surface area contributed by atoms with Gasteiger partial charge in [-0.25, -0.2) is 15.0 Å². The summed E-state index contributed by atoms with van der Waals surface area (Å²) in [6.07, 6.45) is 0. The maximum atomic E-state index is 5.39. The number of benzene rings is 8. The SMILES string of the molecule is c1ccc(-c2cccc(-c3cc(-c4ccc(-c5c(-c6cccc(-c7ccccc7)c6)sc6c5c(-c5ccccc5)nc5ccccc56)cc4)nc(-c4ccccc4)n3)c2)cc1. The van der Waals surface area contributed by atoms with E-state index in [2.05, 4.69) is 200 Å². The fourth-order valence-electron chi connectivity index (χ4n) is 8.30. The maximum absolute atomic E-state index is 5.39. The van der Waals surface area contributed by atoms with Gasteiger partial charge in [0.2, 0.25) is 0 Å². The second kappa shape index (κ2) is 15.8. The molecule has 286 valence electrons. The van der Waals surface area contributed by atoms with Crippen molar-refractivity contribution in [2.75, 3.05) is 0 Å². The minimum atomic E-state index is 0.692. The summed E-state index contributed by atoms with van der Waals surface area (Å²) in [5.41, 5.74) is 16.0. The van der Waals surface area contributed by atoms with Crippen LogP contribution in [0.5, 0.6) is 0 Å². The van der Waals surface area contributed by atoms with Gasteiger partial charge in [0.1, 0.15) is 0 Å². The van der Waals surface area contributed by atoms with Crippen molar-refractivity contribution < 1.29 is 0 Å². The van der Waals surface area contributed by atoms with E-state index in [4.69, 9.17) is 15.0 Å². The van der Waals surface area contributed by atoms with E-state index in [1.807, 2.05) is 35.6 Å². The lowest BCUT2D eigenvalue weighted by Crippen LogP contribution is -1.96. The molecule has 3 aromatic heterocycles. The van der Waals surface area contributed by atoms with Gasteiger partial charge in [0.15, 0.2) is 5.82 Å². The molecule has 0 aliphatic rings. The number of rotatable bonds is 8. The van der Waals surface area contributed by atoms with Gasteiger partial charge in [0.05, 0.1) is 22.6 Å². The predicted octanol–water partition coefficient (Wildman–Crippen LogP) is 15.6. The summed E-state index contributed by atoms with van der Waals surface area (Å²) < 4.78 is 1.23. The quantitative estimate of drug-likeness (QED) is 0.154. The van der Waals surface area contributed by atoms with Gasteiger partial charge in [-0.2, -0.15) is 0 Å². The highest BCUT2D eigenvalue weighted by Gasteiger charge is 2.23. The molecular formula is C57H37N3S. The van der Waals surface area contributed by atoms with Crippen molar-refractivity contribution in [3.8, 4) is 89.0 Å². The Kier molecular flexibility index (Phi) is 9.38. The molecule has 0 spiro atoms. The summed E-state index contributed by atoms with van der Waals surface area (Å²) in [5.74, 6) is 0.692. The second-order valence-corrected chi connectivity index (χ2v) is 16.2. The van der Waals surface area contributed by atoms with Gasteiger partial charge in [-0.1, -0.05) is 200 Å². The normalized spacial score (nSPS) is 11.3. The van der Waals surface area contributed by atoms with E-state index in [1.54, 1.807) is 0 Å². The lowest BCUT2D eigenvalue weighted by molar-refractivity contribution is 1.18. The highest BCUT2D eigenvalue weighted by Crippen LogP contribution is 2.50. The summed E-state index contributed by atoms with van der Waals surface area (Å²) in [6.45, 7) is 0. The third-order valence-electron chi connectivity index (χ3n) is 11.3. The van der Waals surface area contributed by atoms with Crippen molar-refractivity contribution in [1.29, 1.82) is 0 Å². The fourth-order valence-corrected chi connectivity index (χ4v) is 9.65. The van der Waals surface area contributed by atoms with Gasteiger partial charge in [0, 0.05) is 48.2 Å². The van der Waals surface area contributed by atoms with Gasteiger partial charge in [-0.15, -0.1) is 11.3 Å². The average molecular weight is 796 g/mol. The van der Waals surface area contributed by atoms with Gasteiger partial charge in [-0.05, 0) is 57.6 Å². The second-order valence-electron chi connectivity index (χ2n) is 15.2. The summed E-state index contributed by atoms with van der Waals surface area (Å²) >= 11 is 1.85. The van der Waals surface area contributed by atoms with Crippen LogP contribution < -0.4 is 0 Å². The number of hydrogen-bond acceptors (Lipinski definition) is 4. The topological polar surface area (TPSA) is 38.7 Å². The van der Waals surface area contributed by atoms with E-state index < -0.39 is 0 Å². The molecule has 0 aliphatic carbocycles. The highest BCUT2D eigenvalue weighted by molar-refractivity contribution is 7.24. The molecule has 11 rings (SSSR count). The zero-order valence-corrected chi connectivity index (χ0v) is 33.9. The molecular weight excluding hydrogens is 759 g/mol. The van der Waals surface area contributed by atoms with Crippen LogP contribution in [-0.2, 0) is 0 Å². The summed E-state index contributed by atoms with van der Waals surface area (Å²) in [5, 5.41) is 2.32. The first kappa shape index (κ1) is 36.3. The van der Waals surface area contributed by atoms with E-state index in [9.17, 15) is 0 Å². The van der Waals surface area contributed by atoms with Gasteiger partial charge in [-0.3, -0.25) is 0 Å². The molecule has 0 unspecified atom stereocenters. The van der Waals surface area contributed by atoms with Crippen LogP contribution in [0.2, 0.25) is 0 Å². The Hall–Kier alpha value is -7.79. The Morgan fingerprint density at radius 3 is 1.43 bits per heavy atom. The van der Waals surface area contributed by atoms with Crippen LogP contribution in [0.4, 0.5) is 0 Å². The van der Waals surface area contributed by atoms with Crippen LogP contribution in [-0.4, -0.2) is 15.0 Å². The molecule has 0 saturated carbocycles. The smallest absolute Gasteiger partial charge is 0.160 e. The van der Waals surface area contributed by atoms with E-state index >= 15 is 0 Å². The molecule has 4 heteroatoms. The maximum Gasteiger partial charge on any atom is 0.160 e. The average Bonchev–Trinajstić information content (AvgIpc) is 3.76. The molecule has 3 nitrogen and oxygen atoms in total. The van der Waals surface area contributed by atoms with E-state index in [-0.39, 0.29) is 0 Å². The van der Waals surface area contributed by atoms with Crippen molar-refractivity contribution in [3.63, 3.8) is 0 Å². The van der Waals surface area contributed by atoms with Crippen LogP contribution in [0, 0.1) is 0 Å². The molecule has 0 saturated heterocycles. The first-order valence-corrected chi connectivity index (χ1v) is 21.3. The third-order valence-corrected chi connectivity index (χ3v) is 12.6. The van der Waals surface area contributed by atoms with Crippen LogP contribution in [0.1, 0.15) is 0 Å². The number of fused-ring (bicyclic) bond motifs is 3. The lowest BCUT2D eigenvalue weighted by atomic mass is 9.93. The van der Waals surface area contributed by atoms with Crippen LogP contribution in [0.3, 0.4) is 0 Å². The monoisotopic (exact) mass is 795 g/mol. The molecule has 11 aromatic rings. The minimum absolute atomic E-state index is 0.692. The number of thiophene rings is 1. The number of para-hydroxylation sites is 1. The molecule has 0 bridgehead atoms. The molecule has 61 heavy (non-hydrogen) atoms. The number of hydrogen-bond donors (Lipinski definition) is 0. The molecule has 0 aliphatic heterocycles. The summed E-state index contributed by atoms with van der Waals surface area (Å²) in [4.78, 5) is 16.9. The first-order chi connectivity index (χ1) is 30.2. The largest absolute Gasteiger partial charge is 0.247 e. The Morgan fingerprint density at radius 2 is 0.787 bits per heavy atom. The molecule has 0 fully saturated rings. The molecule has 3 heterocycles. The molecule has 0 N–H and O–H groups in total. The number of nitrogens with zero attached hydrogens (tertiary/aromatic N) is 3. The van der Waals surface area contributed by atoms with Crippen LogP contribution in [0.15, 0.2) is 224 Å². The van der Waals surface area contributed by atoms with Crippen molar-refractivity contribution in [2.45, 2.75) is 0 Å². The predicted molar refractivity (Wildman–Crippen MR) is 256 cm³/mol. The van der Waals surface area contributed by atoms with Crippen molar-refractivity contribution >= 4 is 32.3 Å². The lowest BCUT2D eigenvalue weighted by Gasteiger charge is -2.13. The zero-order chi connectivity index (χ0) is 40.5. The van der Waals surface area contributed by atoms with Crippen LogP contribution in [0.25, 0.3) is 110 Å². The minimum Gasteiger partial charge on any atom is -0.247 e. The van der Waals surface area contributed by atoms with Gasteiger partial charge in [0.25, 0.3) is 0 Å². The molecule has 0 atom stereocenters. The Morgan fingerprint density at radius 1 is 0.311 bits per heavy atom. The van der Waals surface area contributed by atoms with E-state index in [0.29, 0.717) is 5.82 Å². The number of pyridine rings is 1.